The van der Waals surface area contributed by atoms with Crippen molar-refractivity contribution in [3.05, 3.63) is 48.3 Å². The van der Waals surface area contributed by atoms with Gasteiger partial charge in [-0.15, -0.1) is 0 Å². The topological polar surface area (TPSA) is 86.8 Å². The fraction of sp³-hybridized carbons (Fsp3) is 0.542. The van der Waals surface area contributed by atoms with Crippen molar-refractivity contribution in [2.75, 3.05) is 43.1 Å². The average Bonchev–Trinajstić information content (AvgIpc) is 3.09. The first-order valence-corrected chi connectivity index (χ1v) is 13.2. The second-order valence-electron chi connectivity index (χ2n) is 9.35. The number of anilines is 2. The summed E-state index contributed by atoms with van der Waals surface area (Å²) in [5.74, 6) is 0.398. The summed E-state index contributed by atoms with van der Waals surface area (Å²) in [4.78, 5) is 9.01. The van der Waals surface area contributed by atoms with E-state index >= 15 is 0 Å². The summed E-state index contributed by atoms with van der Waals surface area (Å²) in [6.45, 7) is 10.8. The van der Waals surface area contributed by atoms with Crippen LogP contribution in [0.3, 0.4) is 0 Å². The zero-order valence-corrected chi connectivity index (χ0v) is 20.5. The molecule has 2 aliphatic rings. The molecule has 180 valence electrons. The lowest BCUT2D eigenvalue weighted by molar-refractivity contribution is 0.0337. The van der Waals surface area contributed by atoms with Gasteiger partial charge in [0, 0.05) is 38.4 Å². The molecule has 2 aromatic rings. The fourth-order valence-corrected chi connectivity index (χ4v) is 5.81. The van der Waals surface area contributed by atoms with E-state index in [1.807, 2.05) is 24.4 Å². The SMILES string of the molecule is CC(C)CC(CN1CCOCC1)NS(=O)(=O)c1ccc(CN2c3ccncc3NC2C)cc1. The molecule has 1 aromatic heterocycles. The predicted molar refractivity (Wildman–Crippen MR) is 131 cm³/mol. The smallest absolute Gasteiger partial charge is 0.240 e. The maximum Gasteiger partial charge on any atom is 0.240 e. The van der Waals surface area contributed by atoms with Crippen molar-refractivity contribution in [1.82, 2.24) is 14.6 Å². The third kappa shape index (κ3) is 6.03. The van der Waals surface area contributed by atoms with Gasteiger partial charge in [-0.05, 0) is 43.0 Å². The summed E-state index contributed by atoms with van der Waals surface area (Å²) < 4.78 is 34.7. The highest BCUT2D eigenvalue weighted by Gasteiger charge is 2.26. The number of benzene rings is 1. The number of morpholine rings is 1. The molecule has 2 aliphatic heterocycles. The second kappa shape index (κ2) is 10.4. The van der Waals surface area contributed by atoms with Crippen LogP contribution in [0.25, 0.3) is 0 Å². The largest absolute Gasteiger partial charge is 0.379 e. The molecule has 8 nitrogen and oxygen atoms in total. The Hall–Kier alpha value is -2.20. The molecule has 1 fully saturated rings. The minimum atomic E-state index is -3.60. The molecule has 2 N–H and O–H groups in total. The summed E-state index contributed by atoms with van der Waals surface area (Å²) in [7, 11) is -3.60. The van der Waals surface area contributed by atoms with Crippen LogP contribution in [0.4, 0.5) is 11.4 Å². The van der Waals surface area contributed by atoms with Crippen LogP contribution < -0.4 is 14.9 Å². The minimum Gasteiger partial charge on any atom is -0.379 e. The van der Waals surface area contributed by atoms with E-state index in [-0.39, 0.29) is 12.2 Å². The highest BCUT2D eigenvalue weighted by Crippen LogP contribution is 2.34. The molecule has 2 atom stereocenters. The van der Waals surface area contributed by atoms with Crippen LogP contribution in [0.15, 0.2) is 47.6 Å². The van der Waals surface area contributed by atoms with E-state index < -0.39 is 10.0 Å². The van der Waals surface area contributed by atoms with Crippen LogP contribution in [0, 0.1) is 5.92 Å². The van der Waals surface area contributed by atoms with Gasteiger partial charge in [0.1, 0.15) is 0 Å². The number of aromatic nitrogens is 1. The van der Waals surface area contributed by atoms with Gasteiger partial charge >= 0.3 is 0 Å². The van der Waals surface area contributed by atoms with E-state index in [2.05, 4.69) is 45.6 Å². The van der Waals surface area contributed by atoms with Gasteiger partial charge in [-0.2, -0.15) is 0 Å². The van der Waals surface area contributed by atoms with Gasteiger partial charge in [0.2, 0.25) is 10.0 Å². The average molecular weight is 474 g/mol. The predicted octanol–water partition coefficient (Wildman–Crippen LogP) is 2.88. The fourth-order valence-electron chi connectivity index (χ4n) is 4.57. The summed E-state index contributed by atoms with van der Waals surface area (Å²) >= 11 is 0. The molecular weight excluding hydrogens is 438 g/mol. The molecule has 4 rings (SSSR count). The van der Waals surface area contributed by atoms with E-state index in [4.69, 9.17) is 4.74 Å². The first-order chi connectivity index (χ1) is 15.8. The zero-order chi connectivity index (χ0) is 23.4. The number of pyridine rings is 1. The Kier molecular flexibility index (Phi) is 7.53. The number of rotatable bonds is 9. The van der Waals surface area contributed by atoms with Gasteiger partial charge in [0.25, 0.3) is 0 Å². The van der Waals surface area contributed by atoms with E-state index in [1.165, 1.54) is 0 Å². The molecule has 0 amide bonds. The Balaban J connectivity index is 1.43. The summed E-state index contributed by atoms with van der Waals surface area (Å²) in [5, 5.41) is 3.42. The summed E-state index contributed by atoms with van der Waals surface area (Å²) in [6, 6.07) is 9.09. The number of sulfonamides is 1. The quantitative estimate of drug-likeness (QED) is 0.579. The van der Waals surface area contributed by atoms with E-state index in [0.717, 1.165) is 36.4 Å². The van der Waals surface area contributed by atoms with Crippen molar-refractivity contribution in [1.29, 1.82) is 0 Å². The molecule has 0 aliphatic carbocycles. The number of hydrogen-bond donors (Lipinski definition) is 2. The van der Waals surface area contributed by atoms with Crippen LogP contribution in [0.1, 0.15) is 32.8 Å². The maximum absolute atomic E-state index is 13.2. The molecule has 2 unspecified atom stereocenters. The van der Waals surface area contributed by atoms with Crippen molar-refractivity contribution in [3.63, 3.8) is 0 Å². The molecule has 1 aromatic carbocycles. The zero-order valence-electron chi connectivity index (χ0n) is 19.7. The van der Waals surface area contributed by atoms with Crippen molar-refractivity contribution >= 4 is 21.4 Å². The Morgan fingerprint density at radius 1 is 1.18 bits per heavy atom. The number of ether oxygens (including phenoxy) is 1. The third-order valence-corrected chi connectivity index (χ3v) is 7.72. The van der Waals surface area contributed by atoms with Gasteiger partial charge in [0.05, 0.1) is 41.8 Å². The highest BCUT2D eigenvalue weighted by molar-refractivity contribution is 7.89. The molecular formula is C24H35N5O3S. The van der Waals surface area contributed by atoms with Crippen molar-refractivity contribution in [2.24, 2.45) is 5.92 Å². The lowest BCUT2D eigenvalue weighted by Gasteiger charge is -2.31. The van der Waals surface area contributed by atoms with Crippen LogP contribution in [0.2, 0.25) is 0 Å². The maximum atomic E-state index is 13.2. The molecule has 9 heteroatoms. The van der Waals surface area contributed by atoms with Crippen LogP contribution in [-0.2, 0) is 21.3 Å². The molecule has 1 saturated heterocycles. The van der Waals surface area contributed by atoms with Gasteiger partial charge < -0.3 is 15.0 Å². The number of fused-ring (bicyclic) bond motifs is 1. The molecule has 33 heavy (non-hydrogen) atoms. The molecule has 0 saturated carbocycles. The van der Waals surface area contributed by atoms with Gasteiger partial charge in [0.15, 0.2) is 0 Å². The standard InChI is InChI=1S/C24H35N5O3S/c1-18(2)14-21(17-28-10-12-32-13-11-28)27-33(30,31)22-6-4-20(5-7-22)16-29-19(3)26-23-15-25-9-8-24(23)29/h4-9,15,18-19,21,26-27H,10-14,16-17H2,1-3H3. The first-order valence-electron chi connectivity index (χ1n) is 11.7. The van der Waals surface area contributed by atoms with E-state index in [0.29, 0.717) is 37.1 Å². The molecule has 3 heterocycles. The summed E-state index contributed by atoms with van der Waals surface area (Å²) in [6.07, 6.45) is 4.56. The Morgan fingerprint density at radius 2 is 1.91 bits per heavy atom. The lowest BCUT2D eigenvalue weighted by atomic mass is 10.0. The van der Waals surface area contributed by atoms with Gasteiger partial charge in [-0.25, -0.2) is 13.1 Å². The Bertz CT molecular complexity index is 1020. The number of hydrogen-bond acceptors (Lipinski definition) is 7. The van der Waals surface area contributed by atoms with E-state index in [9.17, 15) is 8.42 Å². The van der Waals surface area contributed by atoms with Crippen LogP contribution in [-0.4, -0.2) is 63.4 Å². The second-order valence-corrected chi connectivity index (χ2v) is 11.1. The monoisotopic (exact) mass is 473 g/mol. The first kappa shape index (κ1) is 23.9. The molecule has 0 spiro atoms. The van der Waals surface area contributed by atoms with Gasteiger partial charge in [-0.1, -0.05) is 26.0 Å². The van der Waals surface area contributed by atoms with E-state index in [1.54, 1.807) is 18.3 Å². The lowest BCUT2D eigenvalue weighted by Crippen LogP contribution is -2.47. The van der Waals surface area contributed by atoms with Crippen molar-refractivity contribution < 1.29 is 13.2 Å². The van der Waals surface area contributed by atoms with Crippen molar-refractivity contribution in [3.8, 4) is 0 Å². The summed E-state index contributed by atoms with van der Waals surface area (Å²) in [5.41, 5.74) is 3.18. The van der Waals surface area contributed by atoms with Gasteiger partial charge in [-0.3, -0.25) is 9.88 Å². The highest BCUT2D eigenvalue weighted by atomic mass is 32.2. The molecule has 0 bridgehead atoms. The molecule has 0 radical (unpaired) electrons. The Labute approximate surface area is 197 Å². The number of nitrogens with one attached hydrogen (secondary N) is 2. The van der Waals surface area contributed by atoms with Crippen molar-refractivity contribution in [2.45, 2.75) is 50.8 Å². The minimum absolute atomic E-state index is 0.130. The normalized spacial score (nSPS) is 20.0. The van der Waals surface area contributed by atoms with Crippen LogP contribution in [0.5, 0.6) is 0 Å². The number of nitrogens with zero attached hydrogens (tertiary/aromatic N) is 3. The Morgan fingerprint density at radius 3 is 2.61 bits per heavy atom. The van der Waals surface area contributed by atoms with Crippen LogP contribution >= 0.6 is 0 Å². The third-order valence-electron chi connectivity index (χ3n) is 6.19.